The Morgan fingerprint density at radius 1 is 1.14 bits per heavy atom. The zero-order chi connectivity index (χ0) is 30.5. The van der Waals surface area contributed by atoms with E-state index in [9.17, 15) is 14.0 Å². The number of aromatic nitrogens is 1. The van der Waals surface area contributed by atoms with Crippen LogP contribution in [-0.4, -0.2) is 60.9 Å². The largest absolute Gasteiger partial charge is 0.494 e. The van der Waals surface area contributed by atoms with Crippen molar-refractivity contribution in [2.75, 3.05) is 38.3 Å². The number of amides is 1. The summed E-state index contributed by atoms with van der Waals surface area (Å²) in [5.74, 6) is 0.206. The highest BCUT2D eigenvalue weighted by Gasteiger charge is 2.42. The smallest absolute Gasteiger partial charge is 0.416 e. The number of pyridine rings is 1. The Morgan fingerprint density at radius 3 is 2.57 bits per heavy atom. The molecule has 0 aliphatic carbocycles. The van der Waals surface area contributed by atoms with Gasteiger partial charge in [-0.1, -0.05) is 25.5 Å². The molecule has 2 aromatic rings. The number of anilines is 1. The maximum Gasteiger partial charge on any atom is 0.416 e. The van der Waals surface area contributed by atoms with Crippen molar-refractivity contribution >= 4 is 17.9 Å². The van der Waals surface area contributed by atoms with E-state index < -0.39 is 11.4 Å². The zero-order valence-electron chi connectivity index (χ0n) is 26.0. The Bertz CT molecular complexity index is 1250. The first-order chi connectivity index (χ1) is 19.9. The second kappa shape index (κ2) is 13.4. The Kier molecular flexibility index (Phi) is 10.1. The molecule has 0 spiro atoms. The average molecular weight is 584 g/mol. The van der Waals surface area contributed by atoms with E-state index in [2.05, 4.69) is 24.0 Å². The van der Waals surface area contributed by atoms with Gasteiger partial charge in [0, 0.05) is 31.4 Å². The quantitative estimate of drug-likeness (QED) is 0.217. The predicted molar refractivity (Wildman–Crippen MR) is 160 cm³/mol. The van der Waals surface area contributed by atoms with Crippen LogP contribution in [0.5, 0.6) is 5.75 Å². The molecule has 1 aromatic carbocycles. The number of rotatable bonds is 11. The number of benzene rings is 1. The Labute approximate surface area is 249 Å². The topological polar surface area (TPSA) is 81.2 Å². The fourth-order valence-electron chi connectivity index (χ4n) is 6.01. The SMILES string of the molecule is CCOC(=O)C[C@@H](c1ccc(OC)c(F)c1)N1CC(C)(CCCCc2ccc3c(n2)N(C(=O)OC(C)(C)C)CCC3)C1. The van der Waals surface area contributed by atoms with Crippen LogP contribution in [0.1, 0.15) is 89.6 Å². The zero-order valence-corrected chi connectivity index (χ0v) is 26.0. The number of halogens is 1. The van der Waals surface area contributed by atoms with Gasteiger partial charge in [-0.25, -0.2) is 14.2 Å². The van der Waals surface area contributed by atoms with E-state index in [1.807, 2.05) is 26.8 Å². The van der Waals surface area contributed by atoms with Crippen molar-refractivity contribution in [3.8, 4) is 5.75 Å². The number of fused-ring (bicyclic) bond motifs is 1. The first-order valence-electron chi connectivity index (χ1n) is 15.1. The van der Waals surface area contributed by atoms with Crippen LogP contribution in [0.4, 0.5) is 15.0 Å². The summed E-state index contributed by atoms with van der Waals surface area (Å²) in [4.78, 5) is 34.0. The summed E-state index contributed by atoms with van der Waals surface area (Å²) in [5.41, 5.74) is 2.40. The Morgan fingerprint density at radius 2 is 1.90 bits per heavy atom. The van der Waals surface area contributed by atoms with Gasteiger partial charge in [0.05, 0.1) is 20.1 Å². The minimum atomic E-state index is -0.552. The molecule has 1 fully saturated rings. The van der Waals surface area contributed by atoms with E-state index in [4.69, 9.17) is 19.2 Å². The number of methoxy groups -OCH3 is 1. The minimum absolute atomic E-state index is 0.120. The molecule has 1 aromatic heterocycles. The first-order valence-corrected chi connectivity index (χ1v) is 15.1. The molecule has 0 unspecified atom stereocenters. The number of hydrogen-bond donors (Lipinski definition) is 0. The summed E-state index contributed by atoms with van der Waals surface area (Å²) >= 11 is 0. The number of likely N-dealkylation sites (tertiary alicyclic amines) is 1. The van der Waals surface area contributed by atoms with E-state index >= 15 is 0 Å². The number of unbranched alkanes of at least 4 members (excludes halogenated alkanes) is 1. The third kappa shape index (κ3) is 8.00. The molecule has 0 N–H and O–H groups in total. The van der Waals surface area contributed by atoms with Gasteiger partial charge >= 0.3 is 12.1 Å². The number of esters is 1. The van der Waals surface area contributed by atoms with Gasteiger partial charge < -0.3 is 14.2 Å². The molecule has 42 heavy (non-hydrogen) atoms. The first kappa shape index (κ1) is 31.7. The van der Waals surface area contributed by atoms with Gasteiger partial charge in [-0.05, 0) is 94.5 Å². The number of nitrogens with zero attached hydrogens (tertiary/aromatic N) is 3. The number of aryl methyl sites for hydroxylation is 2. The van der Waals surface area contributed by atoms with Crippen molar-refractivity contribution in [2.24, 2.45) is 5.41 Å². The van der Waals surface area contributed by atoms with E-state index in [1.54, 1.807) is 17.9 Å². The van der Waals surface area contributed by atoms with Crippen LogP contribution in [0.15, 0.2) is 30.3 Å². The summed E-state index contributed by atoms with van der Waals surface area (Å²) in [6.07, 6.45) is 5.57. The average Bonchev–Trinajstić information content (AvgIpc) is 2.91. The fourth-order valence-corrected chi connectivity index (χ4v) is 6.01. The van der Waals surface area contributed by atoms with Crippen LogP contribution in [0, 0.1) is 11.2 Å². The lowest BCUT2D eigenvalue weighted by molar-refractivity contribution is -0.146. The molecule has 2 aliphatic heterocycles. The maximum absolute atomic E-state index is 14.5. The molecule has 3 heterocycles. The summed E-state index contributed by atoms with van der Waals surface area (Å²) in [6, 6.07) is 8.85. The lowest BCUT2D eigenvalue weighted by atomic mass is 9.75. The Balaban J connectivity index is 1.32. The maximum atomic E-state index is 14.5. The van der Waals surface area contributed by atoms with Gasteiger partial charge in [-0.3, -0.25) is 14.6 Å². The van der Waals surface area contributed by atoms with E-state index in [0.717, 1.165) is 74.3 Å². The molecule has 8 nitrogen and oxygen atoms in total. The molecule has 1 atom stereocenters. The molecule has 1 amide bonds. The second-order valence-corrected chi connectivity index (χ2v) is 12.9. The lowest BCUT2D eigenvalue weighted by Crippen LogP contribution is -2.56. The number of ether oxygens (including phenoxy) is 3. The molecule has 2 aliphatic rings. The Hall–Kier alpha value is -3.20. The van der Waals surface area contributed by atoms with E-state index in [1.165, 1.54) is 13.2 Å². The molecular weight excluding hydrogens is 537 g/mol. The van der Waals surface area contributed by atoms with Crippen LogP contribution < -0.4 is 9.64 Å². The van der Waals surface area contributed by atoms with Gasteiger partial charge in [0.25, 0.3) is 0 Å². The number of carbonyl (C=O) groups is 2. The molecule has 230 valence electrons. The highest BCUT2D eigenvalue weighted by molar-refractivity contribution is 5.88. The van der Waals surface area contributed by atoms with Crippen molar-refractivity contribution in [2.45, 2.75) is 91.2 Å². The highest BCUT2D eigenvalue weighted by atomic mass is 19.1. The van der Waals surface area contributed by atoms with Crippen LogP contribution in [0.2, 0.25) is 0 Å². The monoisotopic (exact) mass is 583 g/mol. The summed E-state index contributed by atoms with van der Waals surface area (Å²) in [5, 5.41) is 0. The molecule has 9 heteroatoms. The van der Waals surface area contributed by atoms with Crippen molar-refractivity contribution in [3.63, 3.8) is 0 Å². The molecule has 0 bridgehead atoms. The van der Waals surface area contributed by atoms with Crippen LogP contribution in [-0.2, 0) is 27.1 Å². The number of hydrogen-bond acceptors (Lipinski definition) is 7. The van der Waals surface area contributed by atoms with E-state index in [0.29, 0.717) is 13.2 Å². The normalized spacial score (nSPS) is 17.2. The predicted octanol–water partition coefficient (Wildman–Crippen LogP) is 6.65. The molecule has 1 saturated heterocycles. The van der Waals surface area contributed by atoms with Gasteiger partial charge in [0.15, 0.2) is 11.6 Å². The molecule has 0 radical (unpaired) electrons. The minimum Gasteiger partial charge on any atom is -0.494 e. The van der Waals surface area contributed by atoms with Crippen molar-refractivity contribution in [1.82, 2.24) is 9.88 Å². The van der Waals surface area contributed by atoms with Gasteiger partial charge in [0.2, 0.25) is 0 Å². The van der Waals surface area contributed by atoms with Crippen LogP contribution >= 0.6 is 0 Å². The number of carbonyl (C=O) groups excluding carboxylic acids is 2. The van der Waals surface area contributed by atoms with Gasteiger partial charge in [-0.2, -0.15) is 0 Å². The third-order valence-corrected chi connectivity index (χ3v) is 8.01. The molecular formula is C33H46FN3O5. The summed E-state index contributed by atoms with van der Waals surface area (Å²) in [6.45, 7) is 12.3. The van der Waals surface area contributed by atoms with Gasteiger partial charge in [-0.15, -0.1) is 0 Å². The fraction of sp³-hybridized carbons (Fsp3) is 0.606. The molecule has 4 rings (SSSR count). The van der Waals surface area contributed by atoms with Crippen molar-refractivity contribution in [3.05, 3.63) is 53.0 Å². The van der Waals surface area contributed by atoms with Crippen molar-refractivity contribution < 1.29 is 28.2 Å². The van der Waals surface area contributed by atoms with Gasteiger partial charge in [0.1, 0.15) is 11.4 Å². The second-order valence-electron chi connectivity index (χ2n) is 12.9. The standard InChI is InChI=1S/C33H46FN3O5/c1-7-41-29(38)20-27(24-14-16-28(40-6)26(34)19-24)36-21-33(5,22-36)17-9-8-12-25-15-13-23-11-10-18-37(30(23)35-25)31(39)42-32(2,3)4/h13-16,19,27H,7-12,17-18,20-22H2,1-6H3/t27-/m0/s1. The summed E-state index contributed by atoms with van der Waals surface area (Å²) < 4.78 is 30.4. The van der Waals surface area contributed by atoms with Crippen molar-refractivity contribution in [1.29, 1.82) is 0 Å². The van der Waals surface area contributed by atoms with E-state index in [-0.39, 0.29) is 35.7 Å². The van der Waals surface area contributed by atoms with Crippen LogP contribution in [0.25, 0.3) is 0 Å². The third-order valence-electron chi connectivity index (χ3n) is 8.01. The summed E-state index contributed by atoms with van der Waals surface area (Å²) in [7, 11) is 1.44. The lowest BCUT2D eigenvalue weighted by Gasteiger charge is -2.52. The highest BCUT2D eigenvalue weighted by Crippen LogP contribution is 2.42. The molecule has 0 saturated carbocycles. The van der Waals surface area contributed by atoms with Crippen LogP contribution in [0.3, 0.4) is 0 Å².